The molecule has 2 aromatic carbocycles. The van der Waals surface area contributed by atoms with Crippen molar-refractivity contribution < 1.29 is 24.3 Å². The Balaban J connectivity index is 2.28. The Morgan fingerprint density at radius 1 is 1.14 bits per heavy atom. The number of methoxy groups -OCH3 is 1. The normalized spacial score (nSPS) is 10.3. The van der Waals surface area contributed by atoms with Crippen LogP contribution in [0.2, 0.25) is 0 Å². The number of amides is 3. The van der Waals surface area contributed by atoms with Gasteiger partial charge >= 0.3 is 6.03 Å². The number of anilines is 1. The fourth-order valence-electron chi connectivity index (χ4n) is 2.76. The molecule has 0 bridgehead atoms. The molecular formula is C21H27N3O5. The van der Waals surface area contributed by atoms with Crippen molar-refractivity contribution in [3.8, 4) is 5.75 Å². The quantitative estimate of drug-likeness (QED) is 0.341. The number of hydrogen-bond donors (Lipinski definition) is 3. The van der Waals surface area contributed by atoms with Crippen LogP contribution in [0.1, 0.15) is 28.4 Å². The Morgan fingerprint density at radius 3 is 2.48 bits per heavy atom. The van der Waals surface area contributed by atoms with Gasteiger partial charge in [-0.1, -0.05) is 18.2 Å². The first-order chi connectivity index (χ1) is 14.0. The zero-order valence-electron chi connectivity index (χ0n) is 16.9. The van der Waals surface area contributed by atoms with E-state index in [0.29, 0.717) is 36.8 Å². The van der Waals surface area contributed by atoms with Crippen LogP contribution >= 0.6 is 0 Å². The number of carbonyl (C=O) groups is 2. The van der Waals surface area contributed by atoms with Gasteiger partial charge in [-0.25, -0.2) is 10.3 Å². The van der Waals surface area contributed by atoms with Gasteiger partial charge < -0.3 is 14.8 Å². The van der Waals surface area contributed by atoms with Crippen molar-refractivity contribution in [2.75, 3.05) is 31.8 Å². The summed E-state index contributed by atoms with van der Waals surface area (Å²) in [7, 11) is 1.56. The molecule has 0 aromatic heterocycles. The van der Waals surface area contributed by atoms with E-state index in [4.69, 9.17) is 14.7 Å². The summed E-state index contributed by atoms with van der Waals surface area (Å²) in [5.74, 6) is -0.0192. The molecule has 0 spiro atoms. The fourth-order valence-corrected chi connectivity index (χ4v) is 2.76. The Hall–Kier alpha value is -3.10. The van der Waals surface area contributed by atoms with E-state index in [0.717, 1.165) is 11.1 Å². The molecular weight excluding hydrogens is 374 g/mol. The average molecular weight is 401 g/mol. The maximum absolute atomic E-state index is 12.9. The minimum atomic E-state index is -0.595. The molecule has 0 unspecified atom stereocenters. The van der Waals surface area contributed by atoms with Crippen LogP contribution in [0.25, 0.3) is 0 Å². The number of carbonyl (C=O) groups excluding carboxylic acids is 2. The molecule has 0 saturated heterocycles. The highest BCUT2D eigenvalue weighted by Crippen LogP contribution is 2.30. The molecule has 0 saturated carbocycles. The highest BCUT2D eigenvalue weighted by Gasteiger charge is 2.20. The van der Waals surface area contributed by atoms with E-state index in [1.54, 1.807) is 41.8 Å². The van der Waals surface area contributed by atoms with Gasteiger partial charge in [0.15, 0.2) is 0 Å². The third kappa shape index (κ3) is 6.20. The van der Waals surface area contributed by atoms with Crippen LogP contribution in [0.3, 0.4) is 0 Å². The Morgan fingerprint density at radius 2 is 1.86 bits per heavy atom. The van der Waals surface area contributed by atoms with Crippen molar-refractivity contribution in [1.82, 2.24) is 10.8 Å². The van der Waals surface area contributed by atoms with Gasteiger partial charge in [-0.3, -0.25) is 14.9 Å². The second kappa shape index (κ2) is 11.0. The third-order valence-electron chi connectivity index (χ3n) is 4.26. The first-order valence-electron chi connectivity index (χ1n) is 9.31. The van der Waals surface area contributed by atoms with Gasteiger partial charge in [-0.2, -0.15) is 0 Å². The summed E-state index contributed by atoms with van der Waals surface area (Å²) in [4.78, 5) is 26.0. The molecule has 8 nitrogen and oxygen atoms in total. The lowest BCUT2D eigenvalue weighted by molar-refractivity contribution is 0.0706. The minimum Gasteiger partial charge on any atom is -0.495 e. The molecule has 29 heavy (non-hydrogen) atoms. The third-order valence-corrected chi connectivity index (χ3v) is 4.26. The molecule has 2 aromatic rings. The molecule has 0 aliphatic heterocycles. The summed E-state index contributed by atoms with van der Waals surface area (Å²) in [6, 6.07) is 12.0. The number of hydroxylamine groups is 1. The first kappa shape index (κ1) is 22.2. The molecule has 156 valence electrons. The number of hydrogen-bond acceptors (Lipinski definition) is 5. The molecule has 0 heterocycles. The molecule has 0 aliphatic rings. The van der Waals surface area contributed by atoms with Gasteiger partial charge in [0.25, 0.3) is 5.91 Å². The van der Waals surface area contributed by atoms with E-state index in [2.05, 4.69) is 5.32 Å². The Bertz CT molecular complexity index is 824. The summed E-state index contributed by atoms with van der Waals surface area (Å²) in [6.45, 7) is 5.49. The fraction of sp³-hybridized carbons (Fsp3) is 0.333. The lowest BCUT2D eigenvalue weighted by Crippen LogP contribution is -2.41. The molecule has 3 amide bonds. The van der Waals surface area contributed by atoms with E-state index in [1.807, 2.05) is 32.0 Å². The smallest absolute Gasteiger partial charge is 0.322 e. The predicted octanol–water partition coefficient (Wildman–Crippen LogP) is 2.88. The van der Waals surface area contributed by atoms with E-state index >= 15 is 0 Å². The largest absolute Gasteiger partial charge is 0.495 e. The van der Waals surface area contributed by atoms with Gasteiger partial charge in [-0.15, -0.1) is 0 Å². The highest BCUT2D eigenvalue weighted by molar-refractivity contribution is 5.94. The van der Waals surface area contributed by atoms with Gasteiger partial charge in [0, 0.05) is 18.7 Å². The Kier molecular flexibility index (Phi) is 8.45. The number of aryl methyl sites for hydroxylation is 1. The van der Waals surface area contributed by atoms with Crippen LogP contribution in [-0.4, -0.2) is 44.0 Å². The summed E-state index contributed by atoms with van der Waals surface area (Å²) < 4.78 is 10.7. The number of ether oxygens (including phenoxy) is 2. The standard InChI is InChI=1S/C21H27N3O5/c1-4-29-12-11-22-21(26)24(18-13-15(2)5-10-19(18)28-3)14-16-6-8-17(9-7-16)20(25)23-27/h5-10,13,27H,4,11-12,14H2,1-3H3,(H,22,26)(H,23,25). The monoisotopic (exact) mass is 401 g/mol. The lowest BCUT2D eigenvalue weighted by Gasteiger charge is -2.25. The molecule has 3 N–H and O–H groups in total. The van der Waals surface area contributed by atoms with Crippen LogP contribution in [0.5, 0.6) is 5.75 Å². The first-order valence-corrected chi connectivity index (χ1v) is 9.31. The summed E-state index contributed by atoms with van der Waals surface area (Å²) in [6.07, 6.45) is 0. The second-order valence-electron chi connectivity index (χ2n) is 6.33. The highest BCUT2D eigenvalue weighted by atomic mass is 16.5. The SMILES string of the molecule is CCOCCNC(=O)N(Cc1ccc(C(=O)NO)cc1)c1cc(C)ccc1OC. The van der Waals surface area contributed by atoms with Crippen LogP contribution in [0.4, 0.5) is 10.5 Å². The maximum atomic E-state index is 12.9. The number of urea groups is 1. The van der Waals surface area contributed by atoms with Crippen molar-refractivity contribution in [3.05, 3.63) is 59.2 Å². The van der Waals surface area contributed by atoms with Crippen LogP contribution < -0.4 is 20.4 Å². The summed E-state index contributed by atoms with van der Waals surface area (Å²) >= 11 is 0. The molecule has 0 fully saturated rings. The van der Waals surface area contributed by atoms with Gasteiger partial charge in [0.05, 0.1) is 25.9 Å². The predicted molar refractivity (Wildman–Crippen MR) is 110 cm³/mol. The number of rotatable bonds is 9. The zero-order chi connectivity index (χ0) is 21.2. The van der Waals surface area contributed by atoms with Crippen molar-refractivity contribution in [3.63, 3.8) is 0 Å². The zero-order valence-corrected chi connectivity index (χ0v) is 16.9. The van der Waals surface area contributed by atoms with E-state index in [-0.39, 0.29) is 12.6 Å². The molecule has 0 atom stereocenters. The molecule has 0 aliphatic carbocycles. The van der Waals surface area contributed by atoms with E-state index in [1.165, 1.54) is 0 Å². The summed E-state index contributed by atoms with van der Waals surface area (Å²) in [5, 5.41) is 11.6. The van der Waals surface area contributed by atoms with Gasteiger partial charge in [0.2, 0.25) is 0 Å². The number of benzene rings is 2. The number of nitrogens with one attached hydrogen (secondary N) is 2. The topological polar surface area (TPSA) is 100 Å². The second-order valence-corrected chi connectivity index (χ2v) is 6.33. The molecule has 8 heteroatoms. The lowest BCUT2D eigenvalue weighted by atomic mass is 10.1. The van der Waals surface area contributed by atoms with Crippen LogP contribution in [0.15, 0.2) is 42.5 Å². The average Bonchev–Trinajstić information content (AvgIpc) is 2.74. The van der Waals surface area contributed by atoms with Crippen molar-refractivity contribution >= 4 is 17.6 Å². The maximum Gasteiger partial charge on any atom is 0.322 e. The molecule has 2 rings (SSSR count). The van der Waals surface area contributed by atoms with Gasteiger partial charge in [-0.05, 0) is 49.2 Å². The van der Waals surface area contributed by atoms with Crippen LogP contribution in [0, 0.1) is 6.92 Å². The van der Waals surface area contributed by atoms with Gasteiger partial charge in [0.1, 0.15) is 5.75 Å². The molecule has 0 radical (unpaired) electrons. The van der Waals surface area contributed by atoms with Crippen molar-refractivity contribution in [2.24, 2.45) is 0 Å². The van der Waals surface area contributed by atoms with E-state index in [9.17, 15) is 9.59 Å². The van der Waals surface area contributed by atoms with Crippen molar-refractivity contribution in [2.45, 2.75) is 20.4 Å². The summed E-state index contributed by atoms with van der Waals surface area (Å²) in [5.41, 5.74) is 4.35. The van der Waals surface area contributed by atoms with Crippen LogP contribution in [-0.2, 0) is 11.3 Å². The van der Waals surface area contributed by atoms with E-state index < -0.39 is 5.91 Å². The number of nitrogens with zero attached hydrogens (tertiary/aromatic N) is 1. The minimum absolute atomic E-state index is 0.265. The Labute approximate surface area is 170 Å². The van der Waals surface area contributed by atoms with Crippen molar-refractivity contribution in [1.29, 1.82) is 0 Å².